The fourth-order valence-electron chi connectivity index (χ4n) is 2.99. The van der Waals surface area contributed by atoms with Gasteiger partial charge < -0.3 is 10.2 Å². The van der Waals surface area contributed by atoms with E-state index < -0.39 is 17.8 Å². The Kier molecular flexibility index (Phi) is 6.82. The van der Waals surface area contributed by atoms with E-state index in [1.165, 1.54) is 23.5 Å². The van der Waals surface area contributed by atoms with Crippen LogP contribution in [0.5, 0.6) is 0 Å². The molecule has 29 heavy (non-hydrogen) atoms. The Bertz CT molecular complexity index is 861. The SMILES string of the molecule is Cc1nc(NC(=O)Nc2ccc(CN3CCN(C)CC3)c(C(F)(F)F)c2)sc1Br. The van der Waals surface area contributed by atoms with E-state index in [1.54, 1.807) is 6.92 Å². The summed E-state index contributed by atoms with van der Waals surface area (Å²) in [5, 5.41) is 5.33. The van der Waals surface area contributed by atoms with E-state index in [2.05, 4.69) is 36.4 Å². The lowest BCUT2D eigenvalue weighted by Gasteiger charge is -2.33. The first-order valence-corrected chi connectivity index (χ1v) is 10.5. The lowest BCUT2D eigenvalue weighted by molar-refractivity contribution is -0.138. The normalized spacial score (nSPS) is 16.1. The first-order chi connectivity index (χ1) is 13.6. The maximum absolute atomic E-state index is 13.6. The van der Waals surface area contributed by atoms with Crippen molar-refractivity contribution < 1.29 is 18.0 Å². The van der Waals surface area contributed by atoms with Crippen molar-refractivity contribution in [2.45, 2.75) is 19.6 Å². The molecule has 11 heteroatoms. The van der Waals surface area contributed by atoms with Gasteiger partial charge in [-0.3, -0.25) is 10.2 Å². The third kappa shape index (κ3) is 5.91. The van der Waals surface area contributed by atoms with Crippen LogP contribution in [0.3, 0.4) is 0 Å². The molecule has 1 saturated heterocycles. The summed E-state index contributed by atoms with van der Waals surface area (Å²) in [4.78, 5) is 20.4. The van der Waals surface area contributed by atoms with Gasteiger partial charge in [-0.2, -0.15) is 13.2 Å². The number of alkyl halides is 3. The molecule has 1 aromatic carbocycles. The number of hydrogen-bond acceptors (Lipinski definition) is 5. The summed E-state index contributed by atoms with van der Waals surface area (Å²) in [5.41, 5.74) is 0.261. The van der Waals surface area contributed by atoms with Gasteiger partial charge in [-0.15, -0.1) is 0 Å². The van der Waals surface area contributed by atoms with E-state index in [1.807, 2.05) is 11.9 Å². The number of aryl methyl sites for hydroxylation is 1. The highest BCUT2D eigenvalue weighted by Crippen LogP contribution is 2.35. The number of anilines is 2. The Balaban J connectivity index is 1.72. The number of halogens is 4. The number of carbonyl (C=O) groups excluding carboxylic acids is 1. The molecule has 158 valence electrons. The number of likely N-dealkylation sites (N-methyl/N-ethyl adjacent to an activating group) is 1. The van der Waals surface area contributed by atoms with Crippen LogP contribution in [0.15, 0.2) is 22.0 Å². The molecule has 2 N–H and O–H groups in total. The minimum absolute atomic E-state index is 0.0734. The van der Waals surface area contributed by atoms with Crippen molar-refractivity contribution in [3.05, 3.63) is 38.8 Å². The molecule has 2 amide bonds. The second kappa shape index (κ2) is 8.99. The zero-order valence-electron chi connectivity index (χ0n) is 15.9. The number of amides is 2. The average molecular weight is 492 g/mol. The number of urea groups is 1. The van der Waals surface area contributed by atoms with Gasteiger partial charge in [-0.1, -0.05) is 17.4 Å². The summed E-state index contributed by atoms with van der Waals surface area (Å²) in [6.45, 7) is 5.10. The van der Waals surface area contributed by atoms with Crippen molar-refractivity contribution in [1.82, 2.24) is 14.8 Å². The van der Waals surface area contributed by atoms with Gasteiger partial charge in [0.05, 0.1) is 15.0 Å². The van der Waals surface area contributed by atoms with Gasteiger partial charge in [-0.25, -0.2) is 9.78 Å². The predicted molar refractivity (Wildman–Crippen MR) is 111 cm³/mol. The molecule has 0 aliphatic carbocycles. The first-order valence-electron chi connectivity index (χ1n) is 8.94. The molecule has 0 spiro atoms. The number of aromatic nitrogens is 1. The number of benzene rings is 1. The third-order valence-corrected chi connectivity index (χ3v) is 6.54. The number of thiazole rings is 1. The summed E-state index contributed by atoms with van der Waals surface area (Å²) in [6.07, 6.45) is -4.51. The number of piperazine rings is 1. The van der Waals surface area contributed by atoms with Gasteiger partial charge in [-0.05, 0) is 47.6 Å². The van der Waals surface area contributed by atoms with Crippen molar-refractivity contribution in [1.29, 1.82) is 0 Å². The quantitative estimate of drug-likeness (QED) is 0.654. The monoisotopic (exact) mass is 491 g/mol. The minimum Gasteiger partial charge on any atom is -0.308 e. The molecule has 0 atom stereocenters. The Morgan fingerprint density at radius 3 is 2.52 bits per heavy atom. The molecule has 0 bridgehead atoms. The van der Waals surface area contributed by atoms with E-state index >= 15 is 0 Å². The molecule has 0 saturated carbocycles. The Labute approximate surface area is 179 Å². The molecule has 1 fully saturated rings. The minimum atomic E-state index is -4.51. The highest BCUT2D eigenvalue weighted by molar-refractivity contribution is 9.11. The van der Waals surface area contributed by atoms with Crippen LogP contribution in [0.1, 0.15) is 16.8 Å². The van der Waals surface area contributed by atoms with Gasteiger partial charge >= 0.3 is 12.2 Å². The van der Waals surface area contributed by atoms with Crippen LogP contribution in [-0.4, -0.2) is 54.0 Å². The van der Waals surface area contributed by atoms with Gasteiger partial charge in [0.15, 0.2) is 5.13 Å². The molecule has 0 unspecified atom stereocenters. The fourth-order valence-corrected chi connectivity index (χ4v) is 4.23. The molecule has 2 aromatic rings. The number of rotatable bonds is 4. The van der Waals surface area contributed by atoms with E-state index in [4.69, 9.17) is 0 Å². The van der Waals surface area contributed by atoms with Crippen molar-refractivity contribution in [2.24, 2.45) is 0 Å². The fraction of sp³-hybridized carbons (Fsp3) is 0.444. The molecule has 3 rings (SSSR count). The molecule has 1 aliphatic heterocycles. The van der Waals surface area contributed by atoms with Crippen molar-refractivity contribution >= 4 is 44.1 Å². The Morgan fingerprint density at radius 1 is 1.24 bits per heavy atom. The van der Waals surface area contributed by atoms with E-state index in [0.717, 1.165) is 41.7 Å². The zero-order chi connectivity index (χ0) is 21.2. The number of hydrogen-bond donors (Lipinski definition) is 2. The van der Waals surface area contributed by atoms with Crippen LogP contribution in [0.2, 0.25) is 0 Å². The standard InChI is InChI=1S/C18H21BrF3N5OS/c1-11-15(19)29-17(23-11)25-16(28)24-13-4-3-12(14(9-13)18(20,21)22)10-27-7-5-26(2)6-8-27/h3-4,9H,5-8,10H2,1-2H3,(H2,23,24,25,28). The first kappa shape index (κ1) is 22.0. The van der Waals surface area contributed by atoms with Crippen LogP contribution in [0.25, 0.3) is 0 Å². The third-order valence-electron chi connectivity index (χ3n) is 4.62. The largest absolute Gasteiger partial charge is 0.416 e. The summed E-state index contributed by atoms with van der Waals surface area (Å²) in [6, 6.07) is 3.25. The van der Waals surface area contributed by atoms with Gasteiger partial charge in [0.25, 0.3) is 0 Å². The Hall–Kier alpha value is -1.69. The zero-order valence-corrected chi connectivity index (χ0v) is 18.3. The smallest absolute Gasteiger partial charge is 0.308 e. The lowest BCUT2D eigenvalue weighted by Crippen LogP contribution is -2.44. The van der Waals surface area contributed by atoms with Crippen molar-refractivity contribution in [2.75, 3.05) is 43.9 Å². The van der Waals surface area contributed by atoms with Crippen molar-refractivity contribution in [3.63, 3.8) is 0 Å². The molecule has 2 heterocycles. The van der Waals surface area contributed by atoms with Crippen LogP contribution >= 0.6 is 27.3 Å². The summed E-state index contributed by atoms with van der Waals surface area (Å²) in [5.74, 6) is 0. The predicted octanol–water partition coefficient (Wildman–Crippen LogP) is 4.62. The molecule has 0 radical (unpaired) electrons. The molecule has 1 aliphatic rings. The van der Waals surface area contributed by atoms with Gasteiger partial charge in [0.2, 0.25) is 0 Å². The molecular formula is C18H21BrF3N5OS. The van der Waals surface area contributed by atoms with Crippen LogP contribution in [0, 0.1) is 6.92 Å². The number of nitrogens with one attached hydrogen (secondary N) is 2. The topological polar surface area (TPSA) is 60.5 Å². The molecular weight excluding hydrogens is 471 g/mol. The van der Waals surface area contributed by atoms with E-state index in [9.17, 15) is 18.0 Å². The van der Waals surface area contributed by atoms with Crippen LogP contribution in [-0.2, 0) is 12.7 Å². The number of nitrogens with zero attached hydrogens (tertiary/aromatic N) is 3. The van der Waals surface area contributed by atoms with Crippen LogP contribution < -0.4 is 10.6 Å². The maximum atomic E-state index is 13.6. The highest BCUT2D eigenvalue weighted by atomic mass is 79.9. The molecule has 6 nitrogen and oxygen atoms in total. The second-order valence-electron chi connectivity index (χ2n) is 6.91. The molecule has 1 aromatic heterocycles. The second-order valence-corrected chi connectivity index (χ2v) is 9.22. The number of carbonyl (C=O) groups is 1. The van der Waals surface area contributed by atoms with Crippen LogP contribution in [0.4, 0.5) is 28.8 Å². The average Bonchev–Trinajstić information content (AvgIpc) is 2.94. The summed E-state index contributed by atoms with van der Waals surface area (Å²) >= 11 is 4.54. The van der Waals surface area contributed by atoms with Gasteiger partial charge in [0, 0.05) is 38.4 Å². The van der Waals surface area contributed by atoms with Crippen molar-refractivity contribution in [3.8, 4) is 0 Å². The summed E-state index contributed by atoms with van der Waals surface area (Å²) in [7, 11) is 2.00. The van der Waals surface area contributed by atoms with E-state index in [0.29, 0.717) is 5.13 Å². The summed E-state index contributed by atoms with van der Waals surface area (Å²) < 4.78 is 41.6. The highest BCUT2D eigenvalue weighted by Gasteiger charge is 2.34. The maximum Gasteiger partial charge on any atom is 0.416 e. The van der Waals surface area contributed by atoms with Gasteiger partial charge in [0.1, 0.15) is 0 Å². The van der Waals surface area contributed by atoms with E-state index in [-0.39, 0.29) is 17.8 Å². The lowest BCUT2D eigenvalue weighted by atomic mass is 10.0. The Morgan fingerprint density at radius 2 is 1.93 bits per heavy atom.